The summed E-state index contributed by atoms with van der Waals surface area (Å²) in [6.45, 7) is 11.2. The third kappa shape index (κ3) is 4.21. The lowest BCUT2D eigenvalue weighted by atomic mass is 10.1. The number of carbonyl (C=O) groups excluding carboxylic acids is 1. The Morgan fingerprint density at radius 3 is 2.62 bits per heavy atom. The summed E-state index contributed by atoms with van der Waals surface area (Å²) in [7, 11) is 0. The van der Waals surface area contributed by atoms with Gasteiger partial charge in [0.25, 0.3) is 11.5 Å². The molecule has 0 radical (unpaired) electrons. The number of morpholine rings is 1. The van der Waals surface area contributed by atoms with E-state index in [-0.39, 0.29) is 29.7 Å². The molecule has 0 spiro atoms. The van der Waals surface area contributed by atoms with Crippen molar-refractivity contribution in [2.75, 3.05) is 18.0 Å². The van der Waals surface area contributed by atoms with Gasteiger partial charge in [0.1, 0.15) is 15.8 Å². The van der Waals surface area contributed by atoms with Crippen LogP contribution in [0.2, 0.25) is 0 Å². The second-order valence-electron chi connectivity index (χ2n) is 8.56. The van der Waals surface area contributed by atoms with Gasteiger partial charge in [-0.05, 0) is 51.8 Å². The van der Waals surface area contributed by atoms with E-state index in [1.807, 2.05) is 46.8 Å². The van der Waals surface area contributed by atoms with Crippen LogP contribution in [0.4, 0.5) is 5.82 Å². The van der Waals surface area contributed by atoms with Gasteiger partial charge in [-0.2, -0.15) is 0 Å². The summed E-state index contributed by atoms with van der Waals surface area (Å²) in [6, 6.07) is 3.79. The van der Waals surface area contributed by atoms with Gasteiger partial charge in [0.2, 0.25) is 0 Å². The molecule has 2 aromatic heterocycles. The van der Waals surface area contributed by atoms with Gasteiger partial charge in [-0.3, -0.25) is 18.9 Å². The van der Waals surface area contributed by atoms with Crippen LogP contribution in [-0.2, 0) is 9.53 Å². The molecule has 2 aromatic rings. The number of rotatable bonds is 4. The zero-order valence-electron chi connectivity index (χ0n) is 19.0. The van der Waals surface area contributed by atoms with Crippen molar-refractivity contribution in [1.29, 1.82) is 0 Å². The second-order valence-corrected chi connectivity index (χ2v) is 10.2. The lowest BCUT2D eigenvalue weighted by Crippen LogP contribution is -2.46. The summed E-state index contributed by atoms with van der Waals surface area (Å²) in [5.41, 5.74) is 1.73. The molecule has 2 aliphatic heterocycles. The summed E-state index contributed by atoms with van der Waals surface area (Å²) in [4.78, 5) is 35.8. The maximum Gasteiger partial charge on any atom is 0.267 e. The van der Waals surface area contributed by atoms with E-state index in [9.17, 15) is 9.59 Å². The first kappa shape index (κ1) is 22.9. The number of hydrogen-bond donors (Lipinski definition) is 0. The fourth-order valence-corrected chi connectivity index (χ4v) is 5.58. The number of carbonyl (C=O) groups is 1. The Morgan fingerprint density at radius 1 is 1.28 bits per heavy atom. The Hall–Kier alpha value is -2.23. The van der Waals surface area contributed by atoms with E-state index in [0.717, 1.165) is 12.0 Å². The SMILES string of the molecule is CCC(C)N1C(=O)/C(=C\c2c(N3CC(C)OC(C)C3)nc3ccc(C)cn3c2=O)SC1=S. The van der Waals surface area contributed by atoms with Crippen LogP contribution in [0.25, 0.3) is 11.7 Å². The number of ether oxygens (including phenoxy) is 1. The van der Waals surface area contributed by atoms with Crippen molar-refractivity contribution in [3.05, 3.63) is 44.7 Å². The van der Waals surface area contributed by atoms with E-state index >= 15 is 0 Å². The van der Waals surface area contributed by atoms with Gasteiger partial charge in [-0.15, -0.1) is 0 Å². The Morgan fingerprint density at radius 2 is 1.97 bits per heavy atom. The summed E-state index contributed by atoms with van der Waals surface area (Å²) >= 11 is 6.71. The van der Waals surface area contributed by atoms with E-state index in [2.05, 4.69) is 4.90 Å². The Kier molecular flexibility index (Phi) is 6.42. The van der Waals surface area contributed by atoms with Crippen LogP contribution in [0, 0.1) is 6.92 Å². The molecule has 170 valence electrons. The first-order valence-corrected chi connectivity index (χ1v) is 12.1. The normalized spacial score (nSPS) is 24.1. The van der Waals surface area contributed by atoms with Gasteiger partial charge < -0.3 is 9.64 Å². The average molecular weight is 473 g/mol. The topological polar surface area (TPSA) is 67.2 Å². The highest BCUT2D eigenvalue weighted by molar-refractivity contribution is 8.26. The molecule has 0 aliphatic carbocycles. The Bertz CT molecular complexity index is 1170. The highest BCUT2D eigenvalue weighted by Gasteiger charge is 2.35. The minimum Gasteiger partial charge on any atom is -0.372 e. The minimum absolute atomic E-state index is 0.00675. The molecule has 2 fully saturated rings. The lowest BCUT2D eigenvalue weighted by molar-refractivity contribution is -0.123. The van der Waals surface area contributed by atoms with E-state index in [1.165, 1.54) is 11.8 Å². The number of thioether (sulfide) groups is 1. The molecule has 0 aromatic carbocycles. The summed E-state index contributed by atoms with van der Waals surface area (Å²) in [5.74, 6) is 0.424. The molecule has 4 heterocycles. The van der Waals surface area contributed by atoms with Gasteiger partial charge in [-0.1, -0.05) is 37.0 Å². The monoisotopic (exact) mass is 472 g/mol. The standard InChI is InChI=1S/C23H28N4O3S2/c1-6-14(3)27-22(29)18(32-23(27)31)9-17-20(25-11-15(4)30-16(5)12-25)24-19-8-7-13(2)10-26(19)21(17)28/h7-10,14-16H,6,11-12H2,1-5H3/b18-9+. The summed E-state index contributed by atoms with van der Waals surface area (Å²) in [5, 5.41) is 0. The lowest BCUT2D eigenvalue weighted by Gasteiger charge is -2.36. The van der Waals surface area contributed by atoms with Crippen LogP contribution in [0.5, 0.6) is 0 Å². The molecule has 4 rings (SSSR count). The number of thiocarbonyl (C=S) groups is 1. The fraction of sp³-hybridized carbons (Fsp3) is 0.478. The van der Waals surface area contributed by atoms with Crippen molar-refractivity contribution in [2.45, 2.75) is 59.3 Å². The zero-order valence-corrected chi connectivity index (χ0v) is 20.6. The molecular weight excluding hydrogens is 444 g/mol. The van der Waals surface area contributed by atoms with Crippen molar-refractivity contribution < 1.29 is 9.53 Å². The molecule has 2 saturated heterocycles. The summed E-state index contributed by atoms with van der Waals surface area (Å²) in [6.07, 6.45) is 4.27. The van der Waals surface area contributed by atoms with Crippen molar-refractivity contribution in [1.82, 2.24) is 14.3 Å². The van der Waals surface area contributed by atoms with E-state index in [0.29, 0.717) is 39.3 Å². The number of nitrogens with zero attached hydrogens (tertiary/aromatic N) is 4. The number of aromatic nitrogens is 2. The number of anilines is 1. The van der Waals surface area contributed by atoms with Gasteiger partial charge >= 0.3 is 0 Å². The Labute approximate surface area is 197 Å². The fourth-order valence-electron chi connectivity index (χ4n) is 4.14. The molecule has 3 atom stereocenters. The molecular formula is C23H28N4O3S2. The predicted molar refractivity (Wildman–Crippen MR) is 133 cm³/mol. The number of amides is 1. The van der Waals surface area contributed by atoms with Crippen LogP contribution < -0.4 is 10.5 Å². The molecule has 1 amide bonds. The number of aryl methyl sites for hydroxylation is 1. The van der Waals surface area contributed by atoms with Crippen molar-refractivity contribution in [3.63, 3.8) is 0 Å². The van der Waals surface area contributed by atoms with E-state index in [4.69, 9.17) is 21.9 Å². The van der Waals surface area contributed by atoms with Crippen LogP contribution in [-0.4, -0.2) is 55.9 Å². The molecule has 3 unspecified atom stereocenters. The largest absolute Gasteiger partial charge is 0.372 e. The molecule has 0 N–H and O–H groups in total. The predicted octanol–water partition coefficient (Wildman–Crippen LogP) is 3.62. The van der Waals surface area contributed by atoms with Crippen LogP contribution >= 0.6 is 24.0 Å². The minimum atomic E-state index is -0.200. The van der Waals surface area contributed by atoms with Crippen molar-refractivity contribution in [3.8, 4) is 0 Å². The Balaban J connectivity index is 1.88. The number of pyridine rings is 1. The summed E-state index contributed by atoms with van der Waals surface area (Å²) < 4.78 is 7.95. The average Bonchev–Trinajstić information content (AvgIpc) is 3.02. The third-order valence-electron chi connectivity index (χ3n) is 5.84. The molecule has 0 bridgehead atoms. The van der Waals surface area contributed by atoms with Gasteiger partial charge in [0, 0.05) is 25.3 Å². The van der Waals surface area contributed by atoms with Crippen LogP contribution in [0.1, 0.15) is 45.2 Å². The van der Waals surface area contributed by atoms with Crippen LogP contribution in [0.15, 0.2) is 28.0 Å². The highest BCUT2D eigenvalue weighted by Crippen LogP contribution is 2.35. The maximum atomic E-state index is 13.6. The molecule has 9 heteroatoms. The van der Waals surface area contributed by atoms with E-state index < -0.39 is 0 Å². The highest BCUT2D eigenvalue weighted by atomic mass is 32.2. The third-order valence-corrected chi connectivity index (χ3v) is 7.17. The molecule has 0 saturated carbocycles. The molecule has 7 nitrogen and oxygen atoms in total. The molecule has 2 aliphatic rings. The first-order valence-electron chi connectivity index (χ1n) is 10.9. The zero-order chi connectivity index (χ0) is 23.2. The van der Waals surface area contributed by atoms with Gasteiger partial charge in [-0.25, -0.2) is 4.98 Å². The number of hydrogen-bond acceptors (Lipinski definition) is 7. The smallest absolute Gasteiger partial charge is 0.267 e. The quantitative estimate of drug-likeness (QED) is 0.497. The number of fused-ring (bicyclic) bond motifs is 1. The van der Waals surface area contributed by atoms with Gasteiger partial charge in [0.15, 0.2) is 0 Å². The van der Waals surface area contributed by atoms with Crippen molar-refractivity contribution >= 4 is 51.7 Å². The first-order chi connectivity index (χ1) is 15.2. The van der Waals surface area contributed by atoms with Crippen LogP contribution in [0.3, 0.4) is 0 Å². The second kappa shape index (κ2) is 8.96. The van der Waals surface area contributed by atoms with E-state index in [1.54, 1.807) is 21.6 Å². The molecule has 32 heavy (non-hydrogen) atoms. The van der Waals surface area contributed by atoms with Gasteiger partial charge in [0.05, 0.1) is 22.7 Å². The maximum absolute atomic E-state index is 13.6. The van der Waals surface area contributed by atoms with Crippen molar-refractivity contribution in [2.24, 2.45) is 0 Å².